The van der Waals surface area contributed by atoms with E-state index in [-0.39, 0.29) is 0 Å². The van der Waals surface area contributed by atoms with Crippen LogP contribution in [0.5, 0.6) is 0 Å². The first-order valence-electron chi connectivity index (χ1n) is 9.62. The average molecular weight is 375 g/mol. The smallest absolute Gasteiger partial charge is 0.191 e. The number of benzene rings is 1. The number of hydrogen-bond acceptors (Lipinski definition) is 3. The summed E-state index contributed by atoms with van der Waals surface area (Å²) in [7, 11) is 0. The predicted octanol–water partition coefficient (Wildman–Crippen LogP) is 2.82. The van der Waals surface area contributed by atoms with Gasteiger partial charge in [0.1, 0.15) is 6.54 Å². The molecule has 0 unspecified atom stereocenters. The second-order valence-corrected chi connectivity index (χ2v) is 6.73. The van der Waals surface area contributed by atoms with Crippen LogP contribution in [-0.4, -0.2) is 38.6 Å². The second-order valence-electron chi connectivity index (χ2n) is 6.73. The molecule has 0 aliphatic heterocycles. The Hall–Kier alpha value is -3.35. The van der Waals surface area contributed by atoms with Gasteiger partial charge < -0.3 is 15.6 Å². The van der Waals surface area contributed by atoms with Gasteiger partial charge in [-0.2, -0.15) is 0 Å². The zero-order valence-corrected chi connectivity index (χ0v) is 16.2. The van der Waals surface area contributed by atoms with E-state index in [1.54, 1.807) is 0 Å². The van der Waals surface area contributed by atoms with Crippen LogP contribution >= 0.6 is 0 Å². The SMILES string of the molecule is CCNC(=NCc1nnc2ccccn12)NCCc1c[nH]c2cccc(C)c12. The molecule has 0 aliphatic rings. The molecule has 0 fully saturated rings. The van der Waals surface area contributed by atoms with Crippen LogP contribution in [0, 0.1) is 6.92 Å². The van der Waals surface area contributed by atoms with Crippen molar-refractivity contribution in [1.29, 1.82) is 0 Å². The lowest BCUT2D eigenvalue weighted by molar-refractivity contribution is 0.789. The molecule has 0 radical (unpaired) electrons. The zero-order chi connectivity index (χ0) is 19.3. The molecule has 0 bridgehead atoms. The first-order chi connectivity index (χ1) is 13.8. The minimum absolute atomic E-state index is 0.465. The molecule has 4 aromatic rings. The van der Waals surface area contributed by atoms with Gasteiger partial charge in [-0.1, -0.05) is 18.2 Å². The van der Waals surface area contributed by atoms with Gasteiger partial charge in [0, 0.05) is 36.4 Å². The van der Waals surface area contributed by atoms with Crippen LogP contribution in [0.1, 0.15) is 23.9 Å². The second kappa shape index (κ2) is 8.12. The quantitative estimate of drug-likeness (QED) is 0.357. The Morgan fingerprint density at radius 2 is 2.07 bits per heavy atom. The fourth-order valence-corrected chi connectivity index (χ4v) is 3.45. The van der Waals surface area contributed by atoms with Gasteiger partial charge in [-0.3, -0.25) is 4.40 Å². The number of aromatic amines is 1. The van der Waals surface area contributed by atoms with Crippen molar-refractivity contribution >= 4 is 22.5 Å². The summed E-state index contributed by atoms with van der Waals surface area (Å²) in [6.07, 6.45) is 4.98. The number of aromatic nitrogens is 4. The van der Waals surface area contributed by atoms with Gasteiger partial charge in [0.05, 0.1) is 0 Å². The lowest BCUT2D eigenvalue weighted by Gasteiger charge is -2.11. The fraction of sp³-hybridized carbons (Fsp3) is 0.286. The van der Waals surface area contributed by atoms with Crippen LogP contribution in [0.4, 0.5) is 0 Å². The van der Waals surface area contributed by atoms with Crippen molar-refractivity contribution in [3.63, 3.8) is 0 Å². The van der Waals surface area contributed by atoms with Gasteiger partial charge in [0.2, 0.25) is 0 Å². The number of aliphatic imine (C=N–C) groups is 1. The van der Waals surface area contributed by atoms with Crippen molar-refractivity contribution in [3.05, 3.63) is 65.7 Å². The van der Waals surface area contributed by atoms with E-state index >= 15 is 0 Å². The number of fused-ring (bicyclic) bond motifs is 2. The summed E-state index contributed by atoms with van der Waals surface area (Å²) in [6, 6.07) is 12.2. The Kier molecular flexibility index (Phi) is 5.23. The molecule has 1 aromatic carbocycles. The number of H-pyrrole nitrogens is 1. The minimum Gasteiger partial charge on any atom is -0.361 e. The fourth-order valence-electron chi connectivity index (χ4n) is 3.45. The van der Waals surface area contributed by atoms with E-state index in [2.05, 4.69) is 69.1 Å². The highest BCUT2D eigenvalue weighted by Crippen LogP contribution is 2.22. The highest BCUT2D eigenvalue weighted by molar-refractivity contribution is 5.86. The van der Waals surface area contributed by atoms with E-state index in [1.165, 1.54) is 22.0 Å². The molecule has 0 atom stereocenters. The number of aryl methyl sites for hydroxylation is 1. The Morgan fingerprint density at radius 3 is 2.96 bits per heavy atom. The summed E-state index contributed by atoms with van der Waals surface area (Å²) in [5.41, 5.74) is 4.64. The van der Waals surface area contributed by atoms with E-state index in [1.807, 2.05) is 28.8 Å². The predicted molar refractivity (Wildman–Crippen MR) is 113 cm³/mol. The van der Waals surface area contributed by atoms with Gasteiger partial charge in [-0.05, 0) is 49.6 Å². The normalized spacial score (nSPS) is 12.0. The molecule has 0 aliphatic carbocycles. The minimum atomic E-state index is 0.465. The Bertz CT molecular complexity index is 1110. The number of pyridine rings is 1. The molecule has 0 saturated carbocycles. The molecule has 0 amide bonds. The third-order valence-corrected chi connectivity index (χ3v) is 4.79. The van der Waals surface area contributed by atoms with Crippen LogP contribution in [0.3, 0.4) is 0 Å². The number of rotatable bonds is 6. The molecule has 7 nitrogen and oxygen atoms in total. The van der Waals surface area contributed by atoms with E-state index in [9.17, 15) is 0 Å². The first kappa shape index (κ1) is 18.0. The number of nitrogens with zero attached hydrogens (tertiary/aromatic N) is 4. The topological polar surface area (TPSA) is 82.4 Å². The number of nitrogens with one attached hydrogen (secondary N) is 3. The third-order valence-electron chi connectivity index (χ3n) is 4.79. The van der Waals surface area contributed by atoms with Crippen LogP contribution in [0.15, 0.2) is 53.8 Å². The maximum Gasteiger partial charge on any atom is 0.191 e. The van der Waals surface area contributed by atoms with E-state index in [0.717, 1.165) is 36.9 Å². The monoisotopic (exact) mass is 375 g/mol. The molecular weight excluding hydrogens is 350 g/mol. The maximum atomic E-state index is 4.67. The molecular formula is C21H25N7. The van der Waals surface area contributed by atoms with Crippen LogP contribution < -0.4 is 10.6 Å². The summed E-state index contributed by atoms with van der Waals surface area (Å²) < 4.78 is 1.96. The van der Waals surface area contributed by atoms with Crippen molar-refractivity contribution in [3.8, 4) is 0 Å². The van der Waals surface area contributed by atoms with Gasteiger partial charge in [-0.25, -0.2) is 4.99 Å². The molecule has 28 heavy (non-hydrogen) atoms. The molecule has 4 rings (SSSR count). The van der Waals surface area contributed by atoms with Gasteiger partial charge in [0.25, 0.3) is 0 Å². The molecule has 3 N–H and O–H groups in total. The molecule has 3 heterocycles. The Balaban J connectivity index is 1.42. The average Bonchev–Trinajstić information content (AvgIpc) is 3.31. The van der Waals surface area contributed by atoms with Crippen LogP contribution in [0.25, 0.3) is 16.6 Å². The van der Waals surface area contributed by atoms with Crippen molar-refractivity contribution in [2.45, 2.75) is 26.8 Å². The van der Waals surface area contributed by atoms with Gasteiger partial charge >= 0.3 is 0 Å². The van der Waals surface area contributed by atoms with Crippen molar-refractivity contribution < 1.29 is 0 Å². The van der Waals surface area contributed by atoms with Crippen molar-refractivity contribution in [2.24, 2.45) is 4.99 Å². The largest absolute Gasteiger partial charge is 0.361 e. The molecule has 3 aromatic heterocycles. The maximum absolute atomic E-state index is 4.67. The molecule has 144 valence electrons. The third kappa shape index (κ3) is 3.69. The van der Waals surface area contributed by atoms with Gasteiger partial charge in [-0.15, -0.1) is 10.2 Å². The highest BCUT2D eigenvalue weighted by atomic mass is 15.3. The van der Waals surface area contributed by atoms with E-state index in [4.69, 9.17) is 0 Å². The summed E-state index contributed by atoms with van der Waals surface area (Å²) in [6.45, 7) is 6.28. The van der Waals surface area contributed by atoms with Crippen LogP contribution in [0.2, 0.25) is 0 Å². The summed E-state index contributed by atoms with van der Waals surface area (Å²) in [5.74, 6) is 1.60. The zero-order valence-electron chi connectivity index (χ0n) is 16.2. The summed E-state index contributed by atoms with van der Waals surface area (Å²) >= 11 is 0. The Morgan fingerprint density at radius 1 is 1.14 bits per heavy atom. The highest BCUT2D eigenvalue weighted by Gasteiger charge is 2.07. The lowest BCUT2D eigenvalue weighted by atomic mass is 10.1. The molecule has 7 heteroatoms. The number of guanidine groups is 1. The standard InChI is InChI=1S/C21H25N7/c1-3-22-21(25-14-19-27-26-18-9-4-5-12-28(18)19)23-11-10-16-13-24-17-8-6-7-15(2)20(16)17/h4-9,12-13,24H,3,10-11,14H2,1-2H3,(H2,22,23,25). The number of hydrogen-bond donors (Lipinski definition) is 3. The summed E-state index contributed by atoms with van der Waals surface area (Å²) in [5, 5.41) is 16.5. The van der Waals surface area contributed by atoms with E-state index < -0.39 is 0 Å². The lowest BCUT2D eigenvalue weighted by Crippen LogP contribution is -2.38. The van der Waals surface area contributed by atoms with Crippen molar-refractivity contribution in [1.82, 2.24) is 30.2 Å². The van der Waals surface area contributed by atoms with Crippen molar-refractivity contribution in [2.75, 3.05) is 13.1 Å². The Labute approximate surface area is 163 Å². The molecule has 0 saturated heterocycles. The van der Waals surface area contributed by atoms with E-state index in [0.29, 0.717) is 6.54 Å². The molecule has 0 spiro atoms. The van der Waals surface area contributed by atoms with Crippen LogP contribution in [-0.2, 0) is 13.0 Å². The summed E-state index contributed by atoms with van der Waals surface area (Å²) in [4.78, 5) is 8.03. The first-order valence-corrected chi connectivity index (χ1v) is 9.62. The van der Waals surface area contributed by atoms with Gasteiger partial charge in [0.15, 0.2) is 17.4 Å².